The van der Waals surface area contributed by atoms with E-state index in [9.17, 15) is 8.42 Å². The number of nitrogens with one attached hydrogen (secondary N) is 1. The maximum Gasteiger partial charge on any atom is 0.271 e. The number of benzene rings is 1. The molecule has 6 nitrogen and oxygen atoms in total. The maximum atomic E-state index is 12.8. The predicted octanol–water partition coefficient (Wildman–Crippen LogP) is 4.67. The molecule has 0 radical (unpaired) electrons. The fourth-order valence-corrected chi connectivity index (χ4v) is 5.20. The molecule has 0 aliphatic heterocycles. The Hall–Kier alpha value is -2.32. The number of hydrogen-bond acceptors (Lipinski definition) is 6. The second kappa shape index (κ2) is 7.74. The van der Waals surface area contributed by atoms with Crippen LogP contribution in [0.5, 0.6) is 0 Å². The molecular formula is C19H23N3O3S2. The zero-order chi connectivity index (χ0) is 19.6. The topological polar surface area (TPSA) is 75.4 Å². The first-order valence-corrected chi connectivity index (χ1v) is 11.1. The number of hydrogen-bond donors (Lipinski definition) is 1. The Balaban J connectivity index is 1.83. The summed E-state index contributed by atoms with van der Waals surface area (Å²) in [6.07, 6.45) is 0. The molecule has 8 heteroatoms. The highest BCUT2D eigenvalue weighted by Gasteiger charge is 2.20. The van der Waals surface area contributed by atoms with Gasteiger partial charge in [-0.1, -0.05) is 5.16 Å². The minimum Gasteiger partial charge on any atom is -0.372 e. The molecule has 0 atom stereocenters. The number of aryl methyl sites for hydroxylation is 2. The van der Waals surface area contributed by atoms with Gasteiger partial charge >= 0.3 is 0 Å². The van der Waals surface area contributed by atoms with Gasteiger partial charge in [-0.15, -0.1) is 11.3 Å². The van der Waals surface area contributed by atoms with Gasteiger partial charge in [0.1, 0.15) is 4.21 Å². The summed E-state index contributed by atoms with van der Waals surface area (Å²) in [6.45, 7) is 9.73. The van der Waals surface area contributed by atoms with Crippen LogP contribution in [-0.2, 0) is 10.0 Å². The van der Waals surface area contributed by atoms with Gasteiger partial charge in [0.25, 0.3) is 10.0 Å². The summed E-state index contributed by atoms with van der Waals surface area (Å²) in [7, 11) is -3.67. The van der Waals surface area contributed by atoms with Crippen molar-refractivity contribution in [1.82, 2.24) is 5.16 Å². The van der Waals surface area contributed by atoms with Gasteiger partial charge in [-0.3, -0.25) is 4.72 Å². The molecule has 0 fully saturated rings. The van der Waals surface area contributed by atoms with Gasteiger partial charge in [-0.2, -0.15) is 0 Å². The third-order valence-electron chi connectivity index (χ3n) is 4.30. The molecule has 0 amide bonds. The molecule has 3 aromatic rings. The standard InChI is InChI=1S/C19H23N3O3S2/c1-5-22(6-2)15-7-8-16(13(3)11-15)21-27(23,24)19-10-9-18(26-19)17-12-14(4)20-25-17/h7-12,21H,5-6H2,1-4H3. The van der Waals surface area contributed by atoms with Gasteiger partial charge in [-0.05, 0) is 63.6 Å². The van der Waals surface area contributed by atoms with E-state index in [0.717, 1.165) is 46.2 Å². The van der Waals surface area contributed by atoms with E-state index in [4.69, 9.17) is 4.52 Å². The Kier molecular flexibility index (Phi) is 5.57. The van der Waals surface area contributed by atoms with E-state index in [2.05, 4.69) is 28.6 Å². The summed E-state index contributed by atoms with van der Waals surface area (Å²) in [5.41, 5.74) is 3.30. The number of nitrogens with zero attached hydrogens (tertiary/aromatic N) is 2. The Morgan fingerprint density at radius 2 is 1.85 bits per heavy atom. The zero-order valence-corrected chi connectivity index (χ0v) is 17.4. The molecule has 2 aromatic heterocycles. The molecule has 0 aliphatic rings. The number of rotatable bonds is 7. The van der Waals surface area contributed by atoms with E-state index in [-0.39, 0.29) is 4.21 Å². The van der Waals surface area contributed by atoms with E-state index in [0.29, 0.717) is 11.4 Å². The van der Waals surface area contributed by atoms with E-state index >= 15 is 0 Å². The molecule has 3 rings (SSSR count). The largest absolute Gasteiger partial charge is 0.372 e. The highest BCUT2D eigenvalue weighted by molar-refractivity contribution is 7.94. The molecule has 0 saturated heterocycles. The van der Waals surface area contributed by atoms with Crippen molar-refractivity contribution < 1.29 is 12.9 Å². The van der Waals surface area contributed by atoms with Crippen LogP contribution >= 0.6 is 11.3 Å². The zero-order valence-electron chi connectivity index (χ0n) is 15.8. The van der Waals surface area contributed by atoms with Crippen molar-refractivity contribution in [2.45, 2.75) is 31.9 Å². The Morgan fingerprint density at radius 1 is 1.11 bits per heavy atom. The average Bonchev–Trinajstić information content (AvgIpc) is 3.27. The highest BCUT2D eigenvalue weighted by atomic mass is 32.2. The van der Waals surface area contributed by atoms with Gasteiger partial charge < -0.3 is 9.42 Å². The van der Waals surface area contributed by atoms with E-state index in [1.807, 2.05) is 32.0 Å². The quantitative estimate of drug-likeness (QED) is 0.618. The van der Waals surface area contributed by atoms with Crippen LogP contribution in [0.3, 0.4) is 0 Å². The number of aromatic nitrogens is 1. The van der Waals surface area contributed by atoms with Gasteiger partial charge in [0.15, 0.2) is 5.76 Å². The number of thiophene rings is 1. The van der Waals surface area contributed by atoms with Crippen LogP contribution in [0.1, 0.15) is 25.1 Å². The molecule has 0 bridgehead atoms. The Morgan fingerprint density at radius 3 is 2.44 bits per heavy atom. The summed E-state index contributed by atoms with van der Waals surface area (Å²) >= 11 is 1.15. The highest BCUT2D eigenvalue weighted by Crippen LogP contribution is 2.33. The molecular weight excluding hydrogens is 382 g/mol. The summed E-state index contributed by atoms with van der Waals surface area (Å²) in [5, 5.41) is 3.84. The van der Waals surface area contributed by atoms with Crippen LogP contribution in [0.2, 0.25) is 0 Å². The normalized spacial score (nSPS) is 11.6. The van der Waals surface area contributed by atoms with Crippen molar-refractivity contribution >= 4 is 32.7 Å². The molecule has 0 spiro atoms. The minimum atomic E-state index is -3.67. The lowest BCUT2D eigenvalue weighted by molar-refractivity contribution is 0.428. The molecule has 2 heterocycles. The van der Waals surface area contributed by atoms with E-state index in [1.165, 1.54) is 0 Å². The van der Waals surface area contributed by atoms with Crippen molar-refractivity contribution in [1.29, 1.82) is 0 Å². The lowest BCUT2D eigenvalue weighted by Crippen LogP contribution is -2.22. The third kappa shape index (κ3) is 4.17. The lowest BCUT2D eigenvalue weighted by Gasteiger charge is -2.22. The predicted molar refractivity (Wildman–Crippen MR) is 110 cm³/mol. The smallest absolute Gasteiger partial charge is 0.271 e. The average molecular weight is 406 g/mol. The van der Waals surface area contributed by atoms with E-state index < -0.39 is 10.0 Å². The van der Waals surface area contributed by atoms with Gasteiger partial charge in [0.2, 0.25) is 0 Å². The van der Waals surface area contributed by atoms with Gasteiger partial charge in [-0.25, -0.2) is 8.42 Å². The monoisotopic (exact) mass is 405 g/mol. The second-order valence-corrected chi connectivity index (χ2v) is 9.22. The summed E-state index contributed by atoms with van der Waals surface area (Å²) < 4.78 is 33.7. The van der Waals surface area contributed by atoms with Crippen molar-refractivity contribution in [3.05, 3.63) is 47.7 Å². The van der Waals surface area contributed by atoms with Crippen molar-refractivity contribution in [3.63, 3.8) is 0 Å². The van der Waals surface area contributed by atoms with Crippen LogP contribution < -0.4 is 9.62 Å². The second-order valence-electron chi connectivity index (χ2n) is 6.23. The number of anilines is 2. The summed E-state index contributed by atoms with van der Waals surface area (Å²) in [6, 6.07) is 10.9. The fraction of sp³-hybridized carbons (Fsp3) is 0.316. The molecule has 0 saturated carbocycles. The summed E-state index contributed by atoms with van der Waals surface area (Å²) in [5.74, 6) is 0.568. The minimum absolute atomic E-state index is 0.235. The first-order valence-electron chi connectivity index (χ1n) is 8.76. The molecule has 0 unspecified atom stereocenters. The molecule has 0 aliphatic carbocycles. The van der Waals surface area contributed by atoms with Crippen LogP contribution in [0.25, 0.3) is 10.6 Å². The van der Waals surface area contributed by atoms with Crippen LogP contribution in [0.4, 0.5) is 11.4 Å². The molecule has 1 N–H and O–H groups in total. The molecule has 144 valence electrons. The SMILES string of the molecule is CCN(CC)c1ccc(NS(=O)(=O)c2ccc(-c3cc(C)no3)s2)c(C)c1. The third-order valence-corrected chi connectivity index (χ3v) is 7.26. The first-order chi connectivity index (χ1) is 12.8. The summed E-state index contributed by atoms with van der Waals surface area (Å²) in [4.78, 5) is 2.94. The van der Waals surface area contributed by atoms with Gasteiger partial charge in [0, 0.05) is 24.8 Å². The van der Waals surface area contributed by atoms with Crippen molar-refractivity contribution in [3.8, 4) is 10.6 Å². The maximum absolute atomic E-state index is 12.8. The van der Waals surface area contributed by atoms with Crippen LogP contribution in [-0.4, -0.2) is 26.7 Å². The number of sulfonamides is 1. The molecule has 27 heavy (non-hydrogen) atoms. The first kappa shape index (κ1) is 19.4. The van der Waals surface area contributed by atoms with Crippen molar-refractivity contribution in [2.24, 2.45) is 0 Å². The van der Waals surface area contributed by atoms with E-state index in [1.54, 1.807) is 18.2 Å². The lowest BCUT2D eigenvalue weighted by atomic mass is 10.1. The fourth-order valence-electron chi connectivity index (χ4n) is 2.82. The Bertz CT molecular complexity index is 1030. The van der Waals surface area contributed by atoms with Crippen LogP contribution in [0, 0.1) is 13.8 Å². The Labute approximate surface area is 163 Å². The van der Waals surface area contributed by atoms with Crippen molar-refractivity contribution in [2.75, 3.05) is 22.7 Å². The van der Waals surface area contributed by atoms with Crippen LogP contribution in [0.15, 0.2) is 45.1 Å². The molecule has 1 aromatic carbocycles. The van der Waals surface area contributed by atoms with Gasteiger partial charge in [0.05, 0.1) is 16.3 Å².